The van der Waals surface area contributed by atoms with Gasteiger partial charge in [0.15, 0.2) is 0 Å². The van der Waals surface area contributed by atoms with Crippen LogP contribution in [-0.2, 0) is 4.79 Å². The third-order valence-electron chi connectivity index (χ3n) is 5.75. The van der Waals surface area contributed by atoms with Gasteiger partial charge < -0.3 is 10.6 Å². The molecule has 5 N–H and O–H groups in total. The molecule has 3 saturated heterocycles. The van der Waals surface area contributed by atoms with Crippen LogP contribution in [0.2, 0.25) is 0 Å². The predicted molar refractivity (Wildman–Crippen MR) is 90.4 cm³/mol. The van der Waals surface area contributed by atoms with Gasteiger partial charge in [0.2, 0.25) is 5.91 Å². The fourth-order valence-electron chi connectivity index (χ4n) is 3.80. The first kappa shape index (κ1) is 17.1. The number of carbonyl (C=O) groups excluding carboxylic acids is 1. The monoisotopic (exact) mass is 324 g/mol. The van der Waals surface area contributed by atoms with E-state index in [1.54, 1.807) is 0 Å². The van der Waals surface area contributed by atoms with Crippen LogP contribution in [0.25, 0.3) is 0 Å². The summed E-state index contributed by atoms with van der Waals surface area (Å²) >= 11 is 0. The molecular weight excluding hydrogens is 292 g/mol. The highest BCUT2D eigenvalue weighted by molar-refractivity contribution is 5.79. The Bertz CT molecular complexity index is 405. The van der Waals surface area contributed by atoms with Gasteiger partial charge in [0.1, 0.15) is 6.29 Å². The van der Waals surface area contributed by atoms with Crippen LogP contribution >= 0.6 is 0 Å². The normalized spacial score (nSPS) is 42.6. The third-order valence-corrected chi connectivity index (χ3v) is 5.75. The first-order valence-corrected chi connectivity index (χ1v) is 9.08. The van der Waals surface area contributed by atoms with E-state index in [1.165, 1.54) is 0 Å². The van der Waals surface area contributed by atoms with Crippen LogP contribution in [0.3, 0.4) is 0 Å². The van der Waals surface area contributed by atoms with E-state index in [4.69, 9.17) is 0 Å². The van der Waals surface area contributed by atoms with Gasteiger partial charge in [0.05, 0.1) is 12.0 Å². The molecule has 7 heteroatoms. The summed E-state index contributed by atoms with van der Waals surface area (Å²) in [6.07, 6.45) is 2.22. The van der Waals surface area contributed by atoms with Crippen LogP contribution in [0.5, 0.6) is 0 Å². The van der Waals surface area contributed by atoms with E-state index >= 15 is 0 Å². The Balaban J connectivity index is 1.44. The molecule has 1 amide bonds. The molecule has 132 valence electrons. The topological polar surface area (TPSA) is 80.5 Å². The van der Waals surface area contributed by atoms with E-state index in [2.05, 4.69) is 52.5 Å². The van der Waals surface area contributed by atoms with Crippen molar-refractivity contribution in [3.8, 4) is 0 Å². The molecule has 0 aliphatic carbocycles. The molecule has 0 bridgehead atoms. The second kappa shape index (κ2) is 7.44. The number of hydrogen-bond acceptors (Lipinski definition) is 6. The van der Waals surface area contributed by atoms with Gasteiger partial charge in [-0.25, -0.2) is 10.4 Å². The Morgan fingerprint density at radius 3 is 2.43 bits per heavy atom. The first-order valence-electron chi connectivity index (χ1n) is 9.08. The fourth-order valence-corrected chi connectivity index (χ4v) is 3.80. The van der Waals surface area contributed by atoms with Gasteiger partial charge in [0.25, 0.3) is 0 Å². The van der Waals surface area contributed by atoms with Crippen molar-refractivity contribution in [3.05, 3.63) is 0 Å². The van der Waals surface area contributed by atoms with E-state index in [0.717, 1.165) is 39.0 Å². The molecule has 4 unspecified atom stereocenters. The average molecular weight is 324 g/mol. The standard InChI is InChI=1S/C16H32N6O/c1-10-11(2)21-22(12(10)3)16-18-8-14(9-19-16)20-15(23)13-5-4-6-17-7-13/h10-14,16-19,21H,4-9H2,1-3H3,(H,20,23). The molecule has 0 aromatic heterocycles. The molecular formula is C16H32N6O. The lowest BCUT2D eigenvalue weighted by molar-refractivity contribution is -0.126. The van der Waals surface area contributed by atoms with Gasteiger partial charge in [-0.1, -0.05) is 6.92 Å². The lowest BCUT2D eigenvalue weighted by Crippen LogP contribution is -2.68. The number of carbonyl (C=O) groups is 1. The van der Waals surface area contributed by atoms with Crippen LogP contribution < -0.4 is 26.7 Å². The highest BCUT2D eigenvalue weighted by atomic mass is 16.2. The van der Waals surface area contributed by atoms with Gasteiger partial charge in [-0.2, -0.15) is 0 Å². The molecule has 23 heavy (non-hydrogen) atoms. The largest absolute Gasteiger partial charge is 0.351 e. The van der Waals surface area contributed by atoms with Crippen LogP contribution in [0.15, 0.2) is 0 Å². The molecule has 0 radical (unpaired) electrons. The van der Waals surface area contributed by atoms with Crippen molar-refractivity contribution < 1.29 is 4.79 Å². The van der Waals surface area contributed by atoms with Crippen molar-refractivity contribution in [1.82, 2.24) is 31.7 Å². The van der Waals surface area contributed by atoms with Crippen LogP contribution in [0.1, 0.15) is 33.6 Å². The van der Waals surface area contributed by atoms with Crippen molar-refractivity contribution in [2.75, 3.05) is 26.2 Å². The average Bonchev–Trinajstić information content (AvgIpc) is 2.84. The van der Waals surface area contributed by atoms with E-state index < -0.39 is 0 Å². The summed E-state index contributed by atoms with van der Waals surface area (Å²) in [4.78, 5) is 12.3. The maximum Gasteiger partial charge on any atom is 0.224 e. The van der Waals surface area contributed by atoms with E-state index in [9.17, 15) is 4.79 Å². The zero-order chi connectivity index (χ0) is 16.4. The van der Waals surface area contributed by atoms with E-state index in [1.807, 2.05) is 0 Å². The summed E-state index contributed by atoms with van der Waals surface area (Å²) < 4.78 is 0. The maximum absolute atomic E-state index is 12.3. The van der Waals surface area contributed by atoms with Crippen molar-refractivity contribution >= 4 is 5.91 Å². The number of hydrogen-bond donors (Lipinski definition) is 5. The summed E-state index contributed by atoms with van der Waals surface area (Å²) in [5.41, 5.74) is 3.54. The number of hydrazine groups is 1. The van der Waals surface area contributed by atoms with Gasteiger partial charge in [0, 0.05) is 31.7 Å². The zero-order valence-electron chi connectivity index (χ0n) is 14.6. The molecule has 3 aliphatic heterocycles. The molecule has 3 rings (SSSR count). The summed E-state index contributed by atoms with van der Waals surface area (Å²) in [5.74, 6) is 0.942. The quantitative estimate of drug-likeness (QED) is 0.467. The molecule has 3 fully saturated rings. The number of amides is 1. The SMILES string of the molecule is CC1NN(C2NCC(NC(=O)C3CCCNC3)CN2)C(C)C1C. The zero-order valence-corrected chi connectivity index (χ0v) is 14.6. The Hall–Kier alpha value is -0.730. The van der Waals surface area contributed by atoms with Gasteiger partial charge in [-0.15, -0.1) is 0 Å². The minimum atomic E-state index is 0.127. The Kier molecular flexibility index (Phi) is 5.53. The molecule has 4 atom stereocenters. The van der Waals surface area contributed by atoms with E-state index in [-0.39, 0.29) is 24.2 Å². The minimum absolute atomic E-state index is 0.127. The third kappa shape index (κ3) is 3.85. The smallest absolute Gasteiger partial charge is 0.224 e. The summed E-state index contributed by atoms with van der Waals surface area (Å²) in [6.45, 7) is 10.2. The second-order valence-corrected chi connectivity index (χ2v) is 7.39. The minimum Gasteiger partial charge on any atom is -0.351 e. The number of nitrogens with zero attached hydrogens (tertiary/aromatic N) is 1. The van der Waals surface area contributed by atoms with Crippen molar-refractivity contribution in [1.29, 1.82) is 0 Å². The van der Waals surface area contributed by atoms with Crippen LogP contribution in [0.4, 0.5) is 0 Å². The van der Waals surface area contributed by atoms with Crippen molar-refractivity contribution in [3.63, 3.8) is 0 Å². The first-order chi connectivity index (χ1) is 11.1. The summed E-state index contributed by atoms with van der Waals surface area (Å²) in [6, 6.07) is 1.13. The lowest BCUT2D eigenvalue weighted by atomic mass is 9.98. The van der Waals surface area contributed by atoms with E-state index in [0.29, 0.717) is 18.0 Å². The van der Waals surface area contributed by atoms with Gasteiger partial charge >= 0.3 is 0 Å². The molecule has 7 nitrogen and oxygen atoms in total. The second-order valence-electron chi connectivity index (χ2n) is 7.39. The highest BCUT2D eigenvalue weighted by Gasteiger charge is 2.38. The van der Waals surface area contributed by atoms with Gasteiger partial charge in [-0.05, 0) is 39.2 Å². The highest BCUT2D eigenvalue weighted by Crippen LogP contribution is 2.22. The molecule has 0 saturated carbocycles. The van der Waals surface area contributed by atoms with Crippen molar-refractivity contribution in [2.24, 2.45) is 11.8 Å². The fraction of sp³-hybridized carbons (Fsp3) is 0.938. The molecule has 3 aliphatic rings. The molecule has 0 aromatic rings. The Morgan fingerprint density at radius 1 is 1.13 bits per heavy atom. The molecule has 0 aromatic carbocycles. The molecule has 0 spiro atoms. The van der Waals surface area contributed by atoms with Crippen LogP contribution in [0, 0.1) is 11.8 Å². The number of rotatable bonds is 3. The Labute approximate surface area is 139 Å². The van der Waals surface area contributed by atoms with Crippen molar-refractivity contribution in [2.45, 2.75) is 58.0 Å². The Morgan fingerprint density at radius 2 is 1.87 bits per heavy atom. The lowest BCUT2D eigenvalue weighted by Gasteiger charge is -2.39. The molecule has 3 heterocycles. The predicted octanol–water partition coefficient (Wildman–Crippen LogP) is -0.819. The number of piperidine rings is 1. The van der Waals surface area contributed by atoms with Crippen LogP contribution in [-0.4, -0.2) is 61.5 Å². The number of nitrogens with one attached hydrogen (secondary N) is 5. The summed E-state index contributed by atoms with van der Waals surface area (Å²) in [5, 5.41) is 15.8. The summed E-state index contributed by atoms with van der Waals surface area (Å²) in [7, 11) is 0. The van der Waals surface area contributed by atoms with Gasteiger partial charge in [-0.3, -0.25) is 15.4 Å². The maximum atomic E-state index is 12.3.